The van der Waals surface area contributed by atoms with Gasteiger partial charge in [0.1, 0.15) is 5.58 Å². The zero-order valence-corrected chi connectivity index (χ0v) is 19.1. The van der Waals surface area contributed by atoms with Crippen molar-refractivity contribution in [3.63, 3.8) is 0 Å². The van der Waals surface area contributed by atoms with Crippen molar-refractivity contribution in [3.8, 4) is 11.5 Å². The van der Waals surface area contributed by atoms with Crippen LogP contribution in [0.15, 0.2) is 69.9 Å². The molecule has 6 nitrogen and oxygen atoms in total. The molecule has 170 valence electrons. The second-order valence-corrected chi connectivity index (χ2v) is 8.87. The first kappa shape index (κ1) is 20.8. The number of fused-ring (bicyclic) bond motifs is 3. The van der Waals surface area contributed by atoms with Crippen LogP contribution in [0.5, 0.6) is 11.5 Å². The van der Waals surface area contributed by atoms with Crippen molar-refractivity contribution in [2.45, 2.75) is 25.9 Å². The Morgan fingerprint density at radius 2 is 1.71 bits per heavy atom. The molecule has 3 heterocycles. The Bertz CT molecular complexity index is 1510. The van der Waals surface area contributed by atoms with Gasteiger partial charge in [-0.3, -0.25) is 9.59 Å². The van der Waals surface area contributed by atoms with Gasteiger partial charge in [0.2, 0.25) is 12.6 Å². The number of carbonyl (C=O) groups excluding carboxylic acids is 1. The number of halogens is 1. The number of ether oxygens (including phenoxy) is 2. The molecule has 7 heteroatoms. The zero-order valence-electron chi connectivity index (χ0n) is 18.3. The maximum atomic E-state index is 13.6. The molecule has 1 aromatic heterocycles. The van der Waals surface area contributed by atoms with E-state index in [0.717, 1.165) is 17.5 Å². The molecule has 4 aromatic rings. The number of carbonyl (C=O) groups is 1. The number of hydrogen-bond acceptors (Lipinski definition) is 5. The van der Waals surface area contributed by atoms with Crippen LogP contribution in [0, 0.1) is 0 Å². The topological polar surface area (TPSA) is 69.0 Å². The van der Waals surface area contributed by atoms with Crippen molar-refractivity contribution in [2.75, 3.05) is 6.79 Å². The van der Waals surface area contributed by atoms with E-state index in [4.69, 9.17) is 25.5 Å². The summed E-state index contributed by atoms with van der Waals surface area (Å²) in [6.45, 7) is 2.53. The molecular formula is C27H20ClNO5. The lowest BCUT2D eigenvalue weighted by molar-refractivity contribution is 0.0714. The standard InChI is InChI=1S/C27H20ClNO5/c1-2-15-3-6-17(7-4-15)24-23-25(30)19-12-18(28)8-10-20(19)34-26(23)27(31)29(24)13-16-5-9-21-22(11-16)33-14-32-21/h3-12,24H,2,13-14H2,1H3. The number of nitrogens with zero attached hydrogens (tertiary/aromatic N) is 1. The summed E-state index contributed by atoms with van der Waals surface area (Å²) < 4.78 is 16.9. The molecule has 6 rings (SSSR count). The van der Waals surface area contributed by atoms with Gasteiger partial charge in [-0.05, 0) is 53.4 Å². The van der Waals surface area contributed by atoms with Gasteiger partial charge in [0.05, 0.1) is 17.0 Å². The van der Waals surface area contributed by atoms with Gasteiger partial charge in [0.15, 0.2) is 16.9 Å². The SMILES string of the molecule is CCc1ccc(C2c3c(oc4ccc(Cl)cc4c3=O)C(=O)N2Cc2ccc3c(c2)OCO3)cc1. The monoisotopic (exact) mass is 473 g/mol. The van der Waals surface area contributed by atoms with Crippen LogP contribution in [0.1, 0.15) is 45.8 Å². The van der Waals surface area contributed by atoms with E-state index in [9.17, 15) is 9.59 Å². The van der Waals surface area contributed by atoms with Crippen LogP contribution in [0.25, 0.3) is 11.0 Å². The third-order valence-electron chi connectivity index (χ3n) is 6.42. The summed E-state index contributed by atoms with van der Waals surface area (Å²) in [5.74, 6) is 1.06. The van der Waals surface area contributed by atoms with E-state index >= 15 is 0 Å². The minimum Gasteiger partial charge on any atom is -0.454 e. The van der Waals surface area contributed by atoms with E-state index in [1.807, 2.05) is 42.5 Å². The molecule has 2 aliphatic rings. The number of hydrogen-bond donors (Lipinski definition) is 0. The van der Waals surface area contributed by atoms with Crippen molar-refractivity contribution >= 4 is 28.5 Å². The summed E-state index contributed by atoms with van der Waals surface area (Å²) in [6.07, 6.45) is 0.895. The first-order valence-electron chi connectivity index (χ1n) is 11.1. The van der Waals surface area contributed by atoms with E-state index in [1.165, 1.54) is 5.56 Å². The smallest absolute Gasteiger partial charge is 0.291 e. The average Bonchev–Trinajstić information content (AvgIpc) is 3.43. The molecular weight excluding hydrogens is 454 g/mol. The Morgan fingerprint density at radius 1 is 0.941 bits per heavy atom. The summed E-state index contributed by atoms with van der Waals surface area (Å²) in [5.41, 5.74) is 3.31. The maximum Gasteiger partial charge on any atom is 0.291 e. The second-order valence-electron chi connectivity index (χ2n) is 8.43. The number of benzene rings is 3. The molecule has 1 unspecified atom stereocenters. The molecule has 0 saturated heterocycles. The van der Waals surface area contributed by atoms with Gasteiger partial charge in [-0.1, -0.05) is 48.9 Å². The van der Waals surface area contributed by atoms with Crippen LogP contribution in [-0.4, -0.2) is 17.6 Å². The van der Waals surface area contributed by atoms with Crippen molar-refractivity contribution < 1.29 is 18.7 Å². The lowest BCUT2D eigenvalue weighted by Crippen LogP contribution is -2.29. The van der Waals surface area contributed by atoms with E-state index in [2.05, 4.69) is 6.92 Å². The van der Waals surface area contributed by atoms with Gasteiger partial charge < -0.3 is 18.8 Å². The highest BCUT2D eigenvalue weighted by Gasteiger charge is 2.42. The highest BCUT2D eigenvalue weighted by molar-refractivity contribution is 6.31. The minimum absolute atomic E-state index is 0.0742. The van der Waals surface area contributed by atoms with Gasteiger partial charge in [-0.2, -0.15) is 0 Å². The van der Waals surface area contributed by atoms with Crippen LogP contribution in [0.2, 0.25) is 5.02 Å². The number of rotatable bonds is 4. The Labute approximate surface area is 200 Å². The Kier molecular flexibility index (Phi) is 4.85. The predicted octanol–water partition coefficient (Wildman–Crippen LogP) is 5.48. The normalized spacial score (nSPS) is 16.4. The largest absolute Gasteiger partial charge is 0.454 e. The maximum absolute atomic E-state index is 13.6. The van der Waals surface area contributed by atoms with Crippen molar-refractivity contribution in [2.24, 2.45) is 0 Å². The molecule has 0 bridgehead atoms. The molecule has 34 heavy (non-hydrogen) atoms. The third-order valence-corrected chi connectivity index (χ3v) is 6.66. The van der Waals surface area contributed by atoms with Crippen LogP contribution in [0.4, 0.5) is 0 Å². The molecule has 0 radical (unpaired) electrons. The third kappa shape index (κ3) is 3.25. The highest BCUT2D eigenvalue weighted by atomic mass is 35.5. The lowest BCUT2D eigenvalue weighted by Gasteiger charge is -2.25. The Balaban J connectivity index is 1.51. The van der Waals surface area contributed by atoms with Gasteiger partial charge in [-0.25, -0.2) is 0 Å². The molecule has 0 fully saturated rings. The van der Waals surface area contributed by atoms with Crippen LogP contribution in [0.3, 0.4) is 0 Å². The fraction of sp³-hybridized carbons (Fsp3) is 0.185. The van der Waals surface area contributed by atoms with Crippen molar-refractivity contribution in [1.29, 1.82) is 0 Å². The second kappa shape index (κ2) is 7.92. The molecule has 3 aromatic carbocycles. The average molecular weight is 474 g/mol. The molecule has 0 spiro atoms. The number of amides is 1. The fourth-order valence-electron chi connectivity index (χ4n) is 4.67. The molecule has 1 amide bonds. The van der Waals surface area contributed by atoms with Crippen LogP contribution in [-0.2, 0) is 13.0 Å². The summed E-state index contributed by atoms with van der Waals surface area (Å²) in [4.78, 5) is 28.9. The molecule has 2 aliphatic heterocycles. The molecule has 1 atom stereocenters. The highest BCUT2D eigenvalue weighted by Crippen LogP contribution is 2.40. The van der Waals surface area contributed by atoms with Gasteiger partial charge in [0, 0.05) is 11.6 Å². The van der Waals surface area contributed by atoms with Gasteiger partial charge in [0.25, 0.3) is 5.91 Å². The van der Waals surface area contributed by atoms with E-state index < -0.39 is 6.04 Å². The molecule has 0 aliphatic carbocycles. The minimum atomic E-state index is -0.585. The first-order valence-corrected chi connectivity index (χ1v) is 11.5. The molecule has 0 N–H and O–H groups in total. The van der Waals surface area contributed by atoms with E-state index in [0.29, 0.717) is 33.1 Å². The lowest BCUT2D eigenvalue weighted by atomic mass is 9.97. The zero-order chi connectivity index (χ0) is 23.4. The van der Waals surface area contributed by atoms with Crippen LogP contribution >= 0.6 is 11.6 Å². The predicted molar refractivity (Wildman–Crippen MR) is 128 cm³/mol. The summed E-state index contributed by atoms with van der Waals surface area (Å²) in [7, 11) is 0. The van der Waals surface area contributed by atoms with Crippen molar-refractivity contribution in [1.82, 2.24) is 4.90 Å². The first-order chi connectivity index (χ1) is 16.5. The fourth-order valence-corrected chi connectivity index (χ4v) is 4.85. The van der Waals surface area contributed by atoms with E-state index in [-0.39, 0.29) is 30.4 Å². The van der Waals surface area contributed by atoms with Crippen molar-refractivity contribution in [3.05, 3.63) is 104 Å². The number of aryl methyl sites for hydroxylation is 1. The summed E-state index contributed by atoms with van der Waals surface area (Å²) in [5, 5.41) is 0.796. The molecule has 0 saturated carbocycles. The quantitative estimate of drug-likeness (QED) is 0.392. The van der Waals surface area contributed by atoms with Crippen LogP contribution < -0.4 is 14.9 Å². The van der Waals surface area contributed by atoms with Gasteiger partial charge in [-0.15, -0.1) is 0 Å². The summed E-state index contributed by atoms with van der Waals surface area (Å²) in [6, 6.07) is 17.8. The Hall–Kier alpha value is -3.77. The Morgan fingerprint density at radius 3 is 2.50 bits per heavy atom. The van der Waals surface area contributed by atoms with E-state index in [1.54, 1.807) is 23.1 Å². The summed E-state index contributed by atoms with van der Waals surface area (Å²) >= 11 is 6.16. The van der Waals surface area contributed by atoms with Gasteiger partial charge >= 0.3 is 0 Å².